The van der Waals surface area contributed by atoms with Crippen LogP contribution < -0.4 is 4.90 Å². The summed E-state index contributed by atoms with van der Waals surface area (Å²) >= 11 is 0. The van der Waals surface area contributed by atoms with Crippen molar-refractivity contribution in [2.24, 2.45) is 0 Å². The van der Waals surface area contributed by atoms with Gasteiger partial charge in [-0.25, -0.2) is 9.97 Å². The summed E-state index contributed by atoms with van der Waals surface area (Å²) in [7, 11) is 2.12. The molecule has 1 aliphatic rings. The molecule has 5 heteroatoms. The molecule has 1 atom stereocenters. The SMILES string of the molecule is Cc1ccnc(N(C)C2CCCN(CCc3cccnc3)C2)n1. The number of aromatic nitrogens is 3. The van der Waals surface area contributed by atoms with Crippen LogP contribution in [0.25, 0.3) is 0 Å². The second kappa shape index (κ2) is 7.51. The number of aryl methyl sites for hydroxylation is 1. The molecule has 2 aromatic rings. The lowest BCUT2D eigenvalue weighted by molar-refractivity contribution is 0.208. The first kappa shape index (κ1) is 15.9. The zero-order valence-corrected chi connectivity index (χ0v) is 14.0. The van der Waals surface area contributed by atoms with E-state index in [0.717, 1.165) is 31.2 Å². The van der Waals surface area contributed by atoms with Crippen molar-refractivity contribution in [3.8, 4) is 0 Å². The Morgan fingerprint density at radius 3 is 3.00 bits per heavy atom. The molecule has 0 spiro atoms. The summed E-state index contributed by atoms with van der Waals surface area (Å²) in [5.74, 6) is 0.837. The van der Waals surface area contributed by atoms with Crippen molar-refractivity contribution in [1.82, 2.24) is 19.9 Å². The van der Waals surface area contributed by atoms with E-state index in [1.165, 1.54) is 24.9 Å². The minimum Gasteiger partial charge on any atom is -0.340 e. The van der Waals surface area contributed by atoms with E-state index < -0.39 is 0 Å². The van der Waals surface area contributed by atoms with Crippen LogP contribution in [0.15, 0.2) is 36.8 Å². The molecule has 2 aromatic heterocycles. The van der Waals surface area contributed by atoms with E-state index in [1.807, 2.05) is 37.6 Å². The van der Waals surface area contributed by atoms with Crippen LogP contribution >= 0.6 is 0 Å². The normalized spacial score (nSPS) is 18.8. The van der Waals surface area contributed by atoms with Crippen LogP contribution in [0.1, 0.15) is 24.1 Å². The highest BCUT2D eigenvalue weighted by molar-refractivity contribution is 5.30. The Labute approximate surface area is 138 Å². The van der Waals surface area contributed by atoms with Gasteiger partial charge in [0.1, 0.15) is 0 Å². The van der Waals surface area contributed by atoms with Crippen LogP contribution in [-0.4, -0.2) is 52.6 Å². The molecular formula is C18H25N5. The van der Waals surface area contributed by atoms with E-state index >= 15 is 0 Å². The molecule has 23 heavy (non-hydrogen) atoms. The minimum absolute atomic E-state index is 0.486. The number of likely N-dealkylation sites (N-methyl/N-ethyl adjacent to an activating group) is 1. The number of hydrogen-bond donors (Lipinski definition) is 0. The van der Waals surface area contributed by atoms with E-state index in [4.69, 9.17) is 0 Å². The molecule has 0 bridgehead atoms. The van der Waals surface area contributed by atoms with Gasteiger partial charge in [0.25, 0.3) is 0 Å². The van der Waals surface area contributed by atoms with Gasteiger partial charge in [0.2, 0.25) is 5.95 Å². The fourth-order valence-electron chi connectivity index (χ4n) is 3.15. The van der Waals surface area contributed by atoms with Gasteiger partial charge >= 0.3 is 0 Å². The van der Waals surface area contributed by atoms with Crippen LogP contribution in [-0.2, 0) is 6.42 Å². The molecule has 122 valence electrons. The second-order valence-corrected chi connectivity index (χ2v) is 6.32. The molecule has 0 amide bonds. The van der Waals surface area contributed by atoms with Gasteiger partial charge in [0, 0.05) is 50.5 Å². The van der Waals surface area contributed by atoms with Crippen LogP contribution in [0.4, 0.5) is 5.95 Å². The molecule has 3 heterocycles. The van der Waals surface area contributed by atoms with Gasteiger partial charge in [-0.2, -0.15) is 0 Å². The number of anilines is 1. The van der Waals surface area contributed by atoms with Gasteiger partial charge in [-0.3, -0.25) is 4.98 Å². The third-order valence-corrected chi connectivity index (χ3v) is 4.57. The van der Waals surface area contributed by atoms with Gasteiger partial charge in [0.15, 0.2) is 0 Å². The average molecular weight is 311 g/mol. The molecule has 5 nitrogen and oxygen atoms in total. The molecule has 1 unspecified atom stereocenters. The first-order chi connectivity index (χ1) is 11.2. The summed E-state index contributed by atoms with van der Waals surface area (Å²) < 4.78 is 0. The first-order valence-electron chi connectivity index (χ1n) is 8.36. The molecule has 0 radical (unpaired) electrons. The maximum absolute atomic E-state index is 4.55. The van der Waals surface area contributed by atoms with E-state index in [0.29, 0.717) is 6.04 Å². The van der Waals surface area contributed by atoms with Crippen molar-refractivity contribution in [1.29, 1.82) is 0 Å². The fraction of sp³-hybridized carbons (Fsp3) is 0.500. The Hall–Kier alpha value is -2.01. The van der Waals surface area contributed by atoms with Crippen LogP contribution in [0.2, 0.25) is 0 Å². The lowest BCUT2D eigenvalue weighted by Crippen LogP contribution is -2.47. The van der Waals surface area contributed by atoms with Crippen molar-refractivity contribution < 1.29 is 0 Å². The monoisotopic (exact) mass is 311 g/mol. The minimum atomic E-state index is 0.486. The van der Waals surface area contributed by atoms with Gasteiger partial charge in [0.05, 0.1) is 0 Å². The van der Waals surface area contributed by atoms with Crippen LogP contribution in [0.3, 0.4) is 0 Å². The number of pyridine rings is 1. The van der Waals surface area contributed by atoms with Gasteiger partial charge in [-0.1, -0.05) is 6.07 Å². The first-order valence-corrected chi connectivity index (χ1v) is 8.36. The lowest BCUT2D eigenvalue weighted by Gasteiger charge is -2.37. The van der Waals surface area contributed by atoms with E-state index in [9.17, 15) is 0 Å². The van der Waals surface area contributed by atoms with Crippen molar-refractivity contribution >= 4 is 5.95 Å². The highest BCUT2D eigenvalue weighted by Crippen LogP contribution is 2.19. The number of piperidine rings is 1. The molecule has 0 aromatic carbocycles. The Morgan fingerprint density at radius 1 is 1.30 bits per heavy atom. The van der Waals surface area contributed by atoms with Crippen molar-refractivity contribution in [2.45, 2.75) is 32.2 Å². The summed E-state index contributed by atoms with van der Waals surface area (Å²) in [5, 5.41) is 0. The third-order valence-electron chi connectivity index (χ3n) is 4.57. The van der Waals surface area contributed by atoms with Crippen molar-refractivity contribution in [3.63, 3.8) is 0 Å². The van der Waals surface area contributed by atoms with E-state index in [2.05, 4.69) is 37.9 Å². The summed E-state index contributed by atoms with van der Waals surface area (Å²) in [6, 6.07) is 6.59. The molecule has 1 fully saturated rings. The van der Waals surface area contributed by atoms with Gasteiger partial charge in [-0.05, 0) is 50.4 Å². The molecule has 1 saturated heterocycles. The maximum atomic E-state index is 4.55. The second-order valence-electron chi connectivity index (χ2n) is 6.32. The molecule has 3 rings (SSSR count). The molecule has 1 aliphatic heterocycles. The zero-order chi connectivity index (χ0) is 16.1. The zero-order valence-electron chi connectivity index (χ0n) is 14.0. The quantitative estimate of drug-likeness (QED) is 0.848. The lowest BCUT2D eigenvalue weighted by atomic mass is 10.0. The molecule has 0 N–H and O–H groups in total. The predicted octanol–water partition coefficient (Wildman–Crippen LogP) is 2.32. The number of rotatable bonds is 5. The predicted molar refractivity (Wildman–Crippen MR) is 92.6 cm³/mol. The number of nitrogens with zero attached hydrogens (tertiary/aromatic N) is 5. The van der Waals surface area contributed by atoms with E-state index in [-0.39, 0.29) is 0 Å². The summed E-state index contributed by atoms with van der Waals surface area (Å²) in [4.78, 5) is 18.0. The highest BCUT2D eigenvalue weighted by atomic mass is 15.3. The standard InChI is InChI=1S/C18H25N5/c1-15-7-10-20-18(21-15)22(2)17-6-4-11-23(14-17)12-8-16-5-3-9-19-13-16/h3,5,7,9-10,13,17H,4,6,8,11-12,14H2,1-2H3. The van der Waals surface area contributed by atoms with E-state index in [1.54, 1.807) is 0 Å². The van der Waals surface area contributed by atoms with Crippen molar-refractivity contribution in [2.75, 3.05) is 31.6 Å². The smallest absolute Gasteiger partial charge is 0.225 e. The fourth-order valence-corrected chi connectivity index (χ4v) is 3.15. The Morgan fingerprint density at radius 2 is 2.22 bits per heavy atom. The van der Waals surface area contributed by atoms with Gasteiger partial charge < -0.3 is 9.80 Å². The van der Waals surface area contributed by atoms with Crippen molar-refractivity contribution in [3.05, 3.63) is 48.0 Å². The largest absolute Gasteiger partial charge is 0.340 e. The average Bonchev–Trinajstić information content (AvgIpc) is 2.60. The maximum Gasteiger partial charge on any atom is 0.225 e. The Kier molecular flexibility index (Phi) is 5.18. The third kappa shape index (κ3) is 4.26. The van der Waals surface area contributed by atoms with Crippen LogP contribution in [0.5, 0.6) is 0 Å². The van der Waals surface area contributed by atoms with Crippen LogP contribution in [0, 0.1) is 6.92 Å². The summed E-state index contributed by atoms with van der Waals surface area (Å²) in [5.41, 5.74) is 2.33. The number of hydrogen-bond acceptors (Lipinski definition) is 5. The molecular weight excluding hydrogens is 286 g/mol. The Bertz CT molecular complexity index is 616. The number of likely N-dealkylation sites (tertiary alicyclic amines) is 1. The Balaban J connectivity index is 1.57. The molecule has 0 saturated carbocycles. The highest BCUT2D eigenvalue weighted by Gasteiger charge is 2.24. The topological polar surface area (TPSA) is 45.2 Å². The van der Waals surface area contributed by atoms with Gasteiger partial charge in [-0.15, -0.1) is 0 Å². The summed E-state index contributed by atoms with van der Waals surface area (Å²) in [6.07, 6.45) is 9.14. The molecule has 0 aliphatic carbocycles. The summed E-state index contributed by atoms with van der Waals surface area (Å²) in [6.45, 7) is 5.36.